The summed E-state index contributed by atoms with van der Waals surface area (Å²) < 4.78 is 1.73. The third-order valence-corrected chi connectivity index (χ3v) is 3.73. The van der Waals surface area contributed by atoms with Gasteiger partial charge in [0.15, 0.2) is 0 Å². The second-order valence-corrected chi connectivity index (χ2v) is 5.92. The van der Waals surface area contributed by atoms with Crippen molar-refractivity contribution in [1.82, 2.24) is 14.8 Å². The second kappa shape index (κ2) is 7.08. The van der Waals surface area contributed by atoms with Crippen molar-refractivity contribution in [2.75, 3.05) is 4.90 Å². The number of carbonyl (C=O) groups is 1. The first-order valence-corrected chi connectivity index (χ1v) is 7.95. The highest BCUT2D eigenvalue weighted by Crippen LogP contribution is 2.20. The molecule has 0 aliphatic rings. The number of aromatic nitrogens is 3. The molecule has 24 heavy (non-hydrogen) atoms. The fourth-order valence-corrected chi connectivity index (χ4v) is 2.46. The van der Waals surface area contributed by atoms with Crippen LogP contribution >= 0.6 is 0 Å². The Morgan fingerprint density at radius 3 is 2.58 bits per heavy atom. The largest absolute Gasteiger partial charge is 0.305 e. The highest BCUT2D eigenvalue weighted by Gasteiger charge is 2.20. The Hall–Kier alpha value is -2.95. The Morgan fingerprint density at radius 2 is 1.92 bits per heavy atom. The first-order valence-electron chi connectivity index (χ1n) is 7.95. The zero-order chi connectivity index (χ0) is 16.9. The molecular formula is C19H20N4O. The second-order valence-electron chi connectivity index (χ2n) is 5.92. The molecule has 122 valence electrons. The zero-order valence-electron chi connectivity index (χ0n) is 13.8. The van der Waals surface area contributed by atoms with Crippen LogP contribution in [0.2, 0.25) is 0 Å². The molecule has 2 aromatic heterocycles. The van der Waals surface area contributed by atoms with E-state index in [0.29, 0.717) is 6.54 Å². The van der Waals surface area contributed by atoms with E-state index in [-0.39, 0.29) is 11.8 Å². The van der Waals surface area contributed by atoms with Gasteiger partial charge in [0.2, 0.25) is 5.91 Å². The lowest BCUT2D eigenvalue weighted by molar-refractivity contribution is -0.121. The summed E-state index contributed by atoms with van der Waals surface area (Å²) >= 11 is 0. The van der Waals surface area contributed by atoms with Crippen LogP contribution in [-0.2, 0) is 11.3 Å². The lowest BCUT2D eigenvalue weighted by Gasteiger charge is -2.23. The maximum Gasteiger partial charge on any atom is 0.229 e. The molecule has 0 spiro atoms. The van der Waals surface area contributed by atoms with E-state index in [4.69, 9.17) is 0 Å². The van der Waals surface area contributed by atoms with Crippen LogP contribution in [0, 0.1) is 5.92 Å². The number of carbonyl (C=O) groups excluding carboxylic acids is 1. The molecule has 3 rings (SSSR count). The average Bonchev–Trinajstić information content (AvgIpc) is 3.10. The van der Waals surface area contributed by atoms with Gasteiger partial charge in [-0.05, 0) is 17.7 Å². The van der Waals surface area contributed by atoms with Crippen LogP contribution in [0.4, 0.5) is 5.69 Å². The number of benzene rings is 1. The fourth-order valence-electron chi connectivity index (χ4n) is 2.46. The number of hydrogen-bond donors (Lipinski definition) is 0. The molecule has 2 heterocycles. The van der Waals surface area contributed by atoms with Gasteiger partial charge in [-0.15, -0.1) is 0 Å². The lowest BCUT2D eigenvalue weighted by atomic mass is 10.1. The maximum absolute atomic E-state index is 12.7. The summed E-state index contributed by atoms with van der Waals surface area (Å²) in [5, 5.41) is 4.37. The maximum atomic E-state index is 12.7. The van der Waals surface area contributed by atoms with Gasteiger partial charge in [-0.1, -0.05) is 44.2 Å². The minimum Gasteiger partial charge on any atom is -0.305 e. The third kappa shape index (κ3) is 3.51. The Labute approximate surface area is 141 Å². The van der Waals surface area contributed by atoms with E-state index >= 15 is 0 Å². The van der Waals surface area contributed by atoms with Gasteiger partial charge in [0.25, 0.3) is 0 Å². The molecule has 0 atom stereocenters. The zero-order valence-corrected chi connectivity index (χ0v) is 13.8. The van der Waals surface area contributed by atoms with E-state index in [0.717, 1.165) is 16.9 Å². The smallest absolute Gasteiger partial charge is 0.229 e. The van der Waals surface area contributed by atoms with Gasteiger partial charge in [-0.25, -0.2) is 4.68 Å². The minimum absolute atomic E-state index is 0.0737. The summed E-state index contributed by atoms with van der Waals surface area (Å²) in [6, 6.07) is 13.8. The van der Waals surface area contributed by atoms with Crippen LogP contribution in [-0.4, -0.2) is 20.7 Å². The molecule has 0 aliphatic heterocycles. The standard InChI is InChI=1S/C19H20N4O/c1-15(2)19(24)22(13-16-7-4-3-5-8-16)18-12-21-23(14-18)17-9-6-10-20-11-17/h3-12,14-15H,13H2,1-2H3. The molecule has 0 unspecified atom stereocenters. The van der Waals surface area contributed by atoms with Gasteiger partial charge >= 0.3 is 0 Å². The monoisotopic (exact) mass is 320 g/mol. The molecule has 0 aliphatic carbocycles. The summed E-state index contributed by atoms with van der Waals surface area (Å²) in [7, 11) is 0. The Bertz CT molecular complexity index is 797. The van der Waals surface area contributed by atoms with E-state index in [9.17, 15) is 4.79 Å². The molecular weight excluding hydrogens is 300 g/mol. The molecule has 3 aromatic rings. The van der Waals surface area contributed by atoms with Crippen molar-refractivity contribution in [3.63, 3.8) is 0 Å². The van der Waals surface area contributed by atoms with Gasteiger partial charge in [-0.2, -0.15) is 5.10 Å². The van der Waals surface area contributed by atoms with Crippen molar-refractivity contribution in [2.24, 2.45) is 5.92 Å². The van der Waals surface area contributed by atoms with Crippen LogP contribution in [0.3, 0.4) is 0 Å². The average molecular weight is 320 g/mol. The van der Waals surface area contributed by atoms with Crippen LogP contribution < -0.4 is 4.90 Å². The Kier molecular flexibility index (Phi) is 4.70. The summed E-state index contributed by atoms with van der Waals surface area (Å²) in [5.74, 6) is -0.0138. The number of amides is 1. The van der Waals surface area contributed by atoms with Crippen molar-refractivity contribution in [3.05, 3.63) is 72.8 Å². The van der Waals surface area contributed by atoms with E-state index in [1.807, 2.05) is 62.5 Å². The van der Waals surface area contributed by atoms with E-state index in [1.165, 1.54) is 0 Å². The van der Waals surface area contributed by atoms with Crippen LogP contribution in [0.5, 0.6) is 0 Å². The minimum atomic E-state index is -0.0875. The Balaban J connectivity index is 1.91. The van der Waals surface area contributed by atoms with Gasteiger partial charge in [0.1, 0.15) is 0 Å². The van der Waals surface area contributed by atoms with E-state index in [1.54, 1.807) is 28.2 Å². The normalized spacial score (nSPS) is 10.8. The van der Waals surface area contributed by atoms with Gasteiger partial charge in [0.05, 0.1) is 36.5 Å². The number of nitrogens with zero attached hydrogens (tertiary/aromatic N) is 4. The van der Waals surface area contributed by atoms with E-state index in [2.05, 4.69) is 10.1 Å². The topological polar surface area (TPSA) is 51.0 Å². The summed E-state index contributed by atoms with van der Waals surface area (Å²) in [6.07, 6.45) is 7.04. The molecule has 0 bridgehead atoms. The number of pyridine rings is 1. The third-order valence-electron chi connectivity index (χ3n) is 3.73. The highest BCUT2D eigenvalue weighted by atomic mass is 16.2. The van der Waals surface area contributed by atoms with Crippen LogP contribution in [0.1, 0.15) is 19.4 Å². The molecule has 1 amide bonds. The van der Waals surface area contributed by atoms with Crippen LogP contribution in [0.15, 0.2) is 67.3 Å². The number of hydrogen-bond acceptors (Lipinski definition) is 3. The predicted octanol–water partition coefficient (Wildman–Crippen LogP) is 3.46. The first kappa shape index (κ1) is 15.9. The molecule has 1 aromatic carbocycles. The van der Waals surface area contributed by atoms with Crippen molar-refractivity contribution < 1.29 is 4.79 Å². The quantitative estimate of drug-likeness (QED) is 0.723. The van der Waals surface area contributed by atoms with Gasteiger partial charge in [0, 0.05) is 12.1 Å². The lowest BCUT2D eigenvalue weighted by Crippen LogP contribution is -2.33. The molecule has 0 saturated heterocycles. The highest BCUT2D eigenvalue weighted by molar-refractivity contribution is 5.94. The fraction of sp³-hybridized carbons (Fsp3) is 0.211. The molecule has 5 nitrogen and oxygen atoms in total. The Morgan fingerprint density at radius 1 is 1.12 bits per heavy atom. The molecule has 5 heteroatoms. The number of rotatable bonds is 5. The first-order chi connectivity index (χ1) is 11.6. The van der Waals surface area contributed by atoms with Gasteiger partial charge < -0.3 is 4.90 Å². The summed E-state index contributed by atoms with van der Waals surface area (Å²) in [6.45, 7) is 4.34. The SMILES string of the molecule is CC(C)C(=O)N(Cc1ccccc1)c1cnn(-c2cccnc2)c1. The van der Waals surface area contributed by atoms with Crippen molar-refractivity contribution >= 4 is 11.6 Å². The summed E-state index contributed by atoms with van der Waals surface area (Å²) in [4.78, 5) is 18.6. The van der Waals surface area contributed by atoms with E-state index < -0.39 is 0 Å². The van der Waals surface area contributed by atoms with Crippen LogP contribution in [0.25, 0.3) is 5.69 Å². The van der Waals surface area contributed by atoms with Crippen molar-refractivity contribution in [1.29, 1.82) is 0 Å². The molecule has 0 N–H and O–H groups in total. The molecule has 0 radical (unpaired) electrons. The molecule has 0 saturated carbocycles. The molecule has 0 fully saturated rings. The van der Waals surface area contributed by atoms with Crippen molar-refractivity contribution in [3.8, 4) is 5.69 Å². The number of anilines is 1. The van der Waals surface area contributed by atoms with Gasteiger partial charge in [-0.3, -0.25) is 9.78 Å². The summed E-state index contributed by atoms with van der Waals surface area (Å²) in [5.41, 5.74) is 2.72. The van der Waals surface area contributed by atoms with Crippen molar-refractivity contribution in [2.45, 2.75) is 20.4 Å². The predicted molar refractivity (Wildman–Crippen MR) is 93.8 cm³/mol.